The lowest BCUT2D eigenvalue weighted by atomic mass is 10.3. The highest BCUT2D eigenvalue weighted by atomic mass is 16.2. The molecule has 1 aliphatic carbocycles. The maximum atomic E-state index is 11.6. The number of nitrogens with one attached hydrogen (secondary N) is 2. The predicted molar refractivity (Wildman–Crippen MR) is 61.9 cm³/mol. The van der Waals surface area contributed by atoms with Crippen LogP contribution in [0.15, 0.2) is 0 Å². The van der Waals surface area contributed by atoms with Gasteiger partial charge in [0.2, 0.25) is 11.8 Å². The summed E-state index contributed by atoms with van der Waals surface area (Å²) >= 11 is 0. The Bertz CT molecular complexity index is 252. The zero-order valence-electron chi connectivity index (χ0n) is 10.1. The van der Waals surface area contributed by atoms with E-state index in [0.717, 1.165) is 12.5 Å². The first-order valence-electron chi connectivity index (χ1n) is 5.78. The maximum Gasteiger partial charge on any atom is 0.236 e. The van der Waals surface area contributed by atoms with Crippen LogP contribution in [0.1, 0.15) is 19.3 Å². The second kappa shape index (κ2) is 6.48. The molecular weight excluding hydrogens is 206 g/mol. The highest BCUT2D eigenvalue weighted by Gasteiger charge is 2.20. The van der Waals surface area contributed by atoms with Gasteiger partial charge in [0.25, 0.3) is 0 Å². The molecule has 0 aromatic carbocycles. The Morgan fingerprint density at radius 3 is 2.62 bits per heavy atom. The molecular formula is C11H21N3O2. The van der Waals surface area contributed by atoms with Crippen molar-refractivity contribution in [3.8, 4) is 0 Å². The van der Waals surface area contributed by atoms with Crippen LogP contribution in [0.4, 0.5) is 0 Å². The third-order valence-electron chi connectivity index (χ3n) is 2.79. The van der Waals surface area contributed by atoms with Gasteiger partial charge in [-0.1, -0.05) is 0 Å². The Hall–Kier alpha value is -1.10. The van der Waals surface area contributed by atoms with Crippen LogP contribution in [-0.4, -0.2) is 50.4 Å². The topological polar surface area (TPSA) is 61.4 Å². The first kappa shape index (κ1) is 13.0. The number of rotatable bonds is 7. The standard InChI is InChI=1S/C11H21N3O2/c1-12-10(15)5-6-14(2)11(16)8-13-7-9-3-4-9/h9,13H,3-8H2,1-2H3,(H,12,15). The lowest BCUT2D eigenvalue weighted by Crippen LogP contribution is -2.38. The van der Waals surface area contributed by atoms with Gasteiger partial charge in [-0.05, 0) is 25.3 Å². The van der Waals surface area contributed by atoms with Crippen molar-refractivity contribution in [2.24, 2.45) is 5.92 Å². The van der Waals surface area contributed by atoms with Crippen LogP contribution in [-0.2, 0) is 9.59 Å². The van der Waals surface area contributed by atoms with E-state index in [1.54, 1.807) is 19.0 Å². The molecule has 0 saturated heterocycles. The molecule has 0 aliphatic heterocycles. The molecule has 1 aliphatic rings. The van der Waals surface area contributed by atoms with Gasteiger partial charge in [0, 0.05) is 27.1 Å². The van der Waals surface area contributed by atoms with E-state index >= 15 is 0 Å². The van der Waals surface area contributed by atoms with E-state index in [9.17, 15) is 9.59 Å². The Morgan fingerprint density at radius 2 is 2.06 bits per heavy atom. The monoisotopic (exact) mass is 227 g/mol. The molecule has 1 rings (SSSR count). The molecule has 0 unspecified atom stereocenters. The van der Waals surface area contributed by atoms with Crippen molar-refractivity contribution in [1.82, 2.24) is 15.5 Å². The first-order valence-corrected chi connectivity index (χ1v) is 5.78. The number of carbonyl (C=O) groups excluding carboxylic acids is 2. The number of likely N-dealkylation sites (N-methyl/N-ethyl adjacent to an activating group) is 1. The average Bonchev–Trinajstić information content (AvgIpc) is 3.09. The van der Waals surface area contributed by atoms with E-state index in [1.807, 2.05) is 0 Å². The van der Waals surface area contributed by atoms with Gasteiger partial charge in [-0.2, -0.15) is 0 Å². The third kappa shape index (κ3) is 5.11. The van der Waals surface area contributed by atoms with E-state index in [1.165, 1.54) is 12.8 Å². The molecule has 2 amide bonds. The number of amides is 2. The summed E-state index contributed by atoms with van der Waals surface area (Å²) in [5.41, 5.74) is 0. The molecule has 5 heteroatoms. The highest BCUT2D eigenvalue weighted by molar-refractivity contribution is 5.79. The van der Waals surface area contributed by atoms with Crippen LogP contribution in [0.25, 0.3) is 0 Å². The Labute approximate surface area is 96.6 Å². The largest absolute Gasteiger partial charge is 0.359 e. The lowest BCUT2D eigenvalue weighted by molar-refractivity contribution is -0.129. The summed E-state index contributed by atoms with van der Waals surface area (Å²) < 4.78 is 0. The fourth-order valence-corrected chi connectivity index (χ4v) is 1.36. The molecule has 5 nitrogen and oxygen atoms in total. The molecule has 0 aromatic rings. The number of hydrogen-bond donors (Lipinski definition) is 2. The molecule has 0 aromatic heterocycles. The fraction of sp³-hybridized carbons (Fsp3) is 0.818. The van der Waals surface area contributed by atoms with E-state index in [4.69, 9.17) is 0 Å². The minimum Gasteiger partial charge on any atom is -0.359 e. The maximum absolute atomic E-state index is 11.6. The van der Waals surface area contributed by atoms with Gasteiger partial charge in [-0.3, -0.25) is 9.59 Å². The normalized spacial score (nSPS) is 14.6. The van der Waals surface area contributed by atoms with Crippen LogP contribution in [0.5, 0.6) is 0 Å². The van der Waals surface area contributed by atoms with Crippen molar-refractivity contribution in [3.63, 3.8) is 0 Å². The summed E-state index contributed by atoms with van der Waals surface area (Å²) in [6.07, 6.45) is 2.93. The Morgan fingerprint density at radius 1 is 1.38 bits per heavy atom. The zero-order valence-corrected chi connectivity index (χ0v) is 10.1. The zero-order chi connectivity index (χ0) is 12.0. The molecule has 0 spiro atoms. The van der Waals surface area contributed by atoms with Crippen molar-refractivity contribution >= 4 is 11.8 Å². The minimum atomic E-state index is -0.0365. The Kier molecular flexibility index (Phi) is 5.25. The van der Waals surface area contributed by atoms with Crippen LogP contribution in [0.2, 0.25) is 0 Å². The average molecular weight is 227 g/mol. The fourth-order valence-electron chi connectivity index (χ4n) is 1.36. The molecule has 0 heterocycles. The van der Waals surface area contributed by atoms with E-state index in [0.29, 0.717) is 19.5 Å². The van der Waals surface area contributed by atoms with Gasteiger partial charge in [0.05, 0.1) is 6.54 Å². The molecule has 2 N–H and O–H groups in total. The smallest absolute Gasteiger partial charge is 0.236 e. The van der Waals surface area contributed by atoms with E-state index in [2.05, 4.69) is 10.6 Å². The predicted octanol–water partition coefficient (Wildman–Crippen LogP) is -0.419. The summed E-state index contributed by atoms with van der Waals surface area (Å²) in [5, 5.41) is 5.67. The van der Waals surface area contributed by atoms with Gasteiger partial charge in [-0.25, -0.2) is 0 Å². The number of carbonyl (C=O) groups is 2. The second-order valence-electron chi connectivity index (χ2n) is 4.31. The minimum absolute atomic E-state index is 0.0365. The van der Waals surface area contributed by atoms with Gasteiger partial charge in [0.1, 0.15) is 0 Å². The van der Waals surface area contributed by atoms with E-state index < -0.39 is 0 Å². The van der Waals surface area contributed by atoms with Crippen molar-refractivity contribution in [2.75, 3.05) is 33.7 Å². The third-order valence-corrected chi connectivity index (χ3v) is 2.79. The van der Waals surface area contributed by atoms with Gasteiger partial charge >= 0.3 is 0 Å². The van der Waals surface area contributed by atoms with Crippen molar-refractivity contribution in [1.29, 1.82) is 0 Å². The molecule has 16 heavy (non-hydrogen) atoms. The molecule has 0 bridgehead atoms. The summed E-state index contributed by atoms with van der Waals surface area (Å²) in [6, 6.07) is 0. The van der Waals surface area contributed by atoms with Crippen molar-refractivity contribution < 1.29 is 9.59 Å². The second-order valence-corrected chi connectivity index (χ2v) is 4.31. The van der Waals surface area contributed by atoms with Crippen molar-refractivity contribution in [2.45, 2.75) is 19.3 Å². The summed E-state index contributed by atoms with van der Waals surface area (Å²) in [4.78, 5) is 24.2. The summed E-state index contributed by atoms with van der Waals surface area (Å²) in [7, 11) is 3.32. The molecule has 1 saturated carbocycles. The van der Waals surface area contributed by atoms with E-state index in [-0.39, 0.29) is 11.8 Å². The SMILES string of the molecule is CNC(=O)CCN(C)C(=O)CNCC1CC1. The lowest BCUT2D eigenvalue weighted by Gasteiger charge is -2.16. The Balaban J connectivity index is 2.06. The number of nitrogens with zero attached hydrogens (tertiary/aromatic N) is 1. The molecule has 1 fully saturated rings. The highest BCUT2D eigenvalue weighted by Crippen LogP contribution is 2.27. The summed E-state index contributed by atoms with van der Waals surface area (Å²) in [5.74, 6) is 0.791. The van der Waals surface area contributed by atoms with Gasteiger partial charge in [-0.15, -0.1) is 0 Å². The van der Waals surface area contributed by atoms with Gasteiger partial charge < -0.3 is 15.5 Å². The summed E-state index contributed by atoms with van der Waals surface area (Å²) in [6.45, 7) is 1.79. The van der Waals surface area contributed by atoms with Gasteiger partial charge in [0.15, 0.2) is 0 Å². The van der Waals surface area contributed by atoms with Crippen LogP contribution in [0, 0.1) is 5.92 Å². The van der Waals surface area contributed by atoms with Crippen LogP contribution in [0.3, 0.4) is 0 Å². The van der Waals surface area contributed by atoms with Crippen molar-refractivity contribution in [3.05, 3.63) is 0 Å². The quantitative estimate of drug-likeness (QED) is 0.621. The molecule has 0 atom stereocenters. The molecule has 0 radical (unpaired) electrons. The molecule has 92 valence electrons. The number of hydrogen-bond acceptors (Lipinski definition) is 3. The van der Waals surface area contributed by atoms with Crippen LogP contribution < -0.4 is 10.6 Å². The van der Waals surface area contributed by atoms with Crippen LogP contribution >= 0.6 is 0 Å². The first-order chi connectivity index (χ1) is 7.63.